The first-order valence-corrected chi connectivity index (χ1v) is 15.4. The van der Waals surface area contributed by atoms with Gasteiger partial charge in [0.2, 0.25) is 0 Å². The van der Waals surface area contributed by atoms with E-state index in [0.29, 0.717) is 29.4 Å². The highest BCUT2D eigenvalue weighted by molar-refractivity contribution is 7.99. The molecule has 0 spiro atoms. The Morgan fingerprint density at radius 1 is 0.864 bits per heavy atom. The van der Waals surface area contributed by atoms with Gasteiger partial charge in [-0.2, -0.15) is 0 Å². The fourth-order valence-electron chi connectivity index (χ4n) is 5.10. The van der Waals surface area contributed by atoms with E-state index in [9.17, 15) is 9.90 Å². The molecule has 3 heterocycles. The van der Waals surface area contributed by atoms with E-state index in [1.54, 1.807) is 54.7 Å². The molecular weight excluding hydrogens is 572 g/mol. The molecule has 0 bridgehead atoms. The highest BCUT2D eigenvalue weighted by Gasteiger charge is 2.32. The van der Waals surface area contributed by atoms with Crippen LogP contribution in [0.5, 0.6) is 0 Å². The summed E-state index contributed by atoms with van der Waals surface area (Å²) in [6.07, 6.45) is 6.55. The van der Waals surface area contributed by atoms with Gasteiger partial charge in [0.05, 0.1) is 24.4 Å². The maximum Gasteiger partial charge on any atom is 0.253 e. The van der Waals surface area contributed by atoms with Gasteiger partial charge >= 0.3 is 0 Å². The Bertz CT molecular complexity index is 1650. The van der Waals surface area contributed by atoms with E-state index in [1.165, 1.54) is 0 Å². The summed E-state index contributed by atoms with van der Waals surface area (Å²) in [6, 6.07) is 29.4. The fraction of sp³-hybridized carbons (Fsp3) is 0.200. The summed E-state index contributed by atoms with van der Waals surface area (Å²) in [5.74, 6) is 0.521. The number of aromatic nitrogens is 3. The van der Waals surface area contributed by atoms with Gasteiger partial charge in [-0.15, -0.1) is 0 Å². The van der Waals surface area contributed by atoms with E-state index < -0.39 is 6.29 Å². The SMILES string of the molecule is O=C(NCc1ccccc1-c1ccc([C@H]2O[C@@H](CSc3ncccn3)C[C@@H](c3ccc(CO)cc3)O2)cc1)c1cccnc1. The number of benzene rings is 3. The number of pyridine rings is 1. The number of amides is 1. The molecule has 1 saturated heterocycles. The molecule has 9 heteroatoms. The maximum absolute atomic E-state index is 12.6. The van der Waals surface area contributed by atoms with Gasteiger partial charge in [0.1, 0.15) is 0 Å². The molecule has 222 valence electrons. The lowest BCUT2D eigenvalue weighted by Gasteiger charge is -2.36. The van der Waals surface area contributed by atoms with E-state index in [1.807, 2.05) is 54.6 Å². The van der Waals surface area contributed by atoms with Crippen LogP contribution >= 0.6 is 11.8 Å². The molecule has 0 unspecified atom stereocenters. The number of ether oxygens (including phenoxy) is 2. The molecule has 44 heavy (non-hydrogen) atoms. The summed E-state index contributed by atoms with van der Waals surface area (Å²) in [5.41, 5.74) is 6.42. The number of carbonyl (C=O) groups excluding carboxylic acids is 1. The number of nitrogens with one attached hydrogen (secondary N) is 1. The first kappa shape index (κ1) is 29.7. The molecule has 5 aromatic rings. The molecule has 3 atom stereocenters. The van der Waals surface area contributed by atoms with E-state index in [-0.39, 0.29) is 24.7 Å². The minimum Gasteiger partial charge on any atom is -0.392 e. The van der Waals surface area contributed by atoms with E-state index in [2.05, 4.69) is 38.5 Å². The molecule has 1 aliphatic heterocycles. The van der Waals surface area contributed by atoms with Crippen LogP contribution in [0.3, 0.4) is 0 Å². The first-order valence-electron chi connectivity index (χ1n) is 14.4. The Morgan fingerprint density at radius 3 is 2.39 bits per heavy atom. The summed E-state index contributed by atoms with van der Waals surface area (Å²) in [6.45, 7) is 0.391. The van der Waals surface area contributed by atoms with E-state index in [4.69, 9.17) is 9.47 Å². The molecule has 6 rings (SSSR count). The number of carbonyl (C=O) groups is 1. The van der Waals surface area contributed by atoms with E-state index >= 15 is 0 Å². The van der Waals surface area contributed by atoms with Crippen LogP contribution in [-0.2, 0) is 22.6 Å². The van der Waals surface area contributed by atoms with Crippen molar-refractivity contribution in [3.63, 3.8) is 0 Å². The predicted molar refractivity (Wildman–Crippen MR) is 168 cm³/mol. The molecule has 1 fully saturated rings. The number of hydrogen-bond acceptors (Lipinski definition) is 8. The highest BCUT2D eigenvalue weighted by Crippen LogP contribution is 2.39. The zero-order valence-corrected chi connectivity index (χ0v) is 24.8. The van der Waals surface area contributed by atoms with Crippen LogP contribution in [0.2, 0.25) is 0 Å². The quantitative estimate of drug-likeness (QED) is 0.141. The number of hydrogen-bond donors (Lipinski definition) is 2. The topological polar surface area (TPSA) is 106 Å². The molecule has 2 N–H and O–H groups in total. The van der Waals surface area contributed by atoms with Gasteiger partial charge in [-0.05, 0) is 46.0 Å². The number of aliphatic hydroxyl groups excluding tert-OH is 1. The number of aliphatic hydroxyl groups is 1. The first-order chi connectivity index (χ1) is 21.7. The Morgan fingerprint density at radius 2 is 1.64 bits per heavy atom. The van der Waals surface area contributed by atoms with Crippen LogP contribution in [0.15, 0.2) is 121 Å². The number of nitrogens with zero attached hydrogens (tertiary/aromatic N) is 3. The van der Waals surface area contributed by atoms with Crippen molar-refractivity contribution in [3.05, 3.63) is 144 Å². The molecule has 0 radical (unpaired) electrons. The van der Waals surface area contributed by atoms with Gasteiger partial charge in [0, 0.05) is 49.1 Å². The van der Waals surface area contributed by atoms with Crippen LogP contribution in [-0.4, -0.2) is 37.8 Å². The minimum atomic E-state index is -0.559. The van der Waals surface area contributed by atoms with Gasteiger partial charge in [0.25, 0.3) is 5.91 Å². The molecule has 2 aromatic heterocycles. The number of thioether (sulfide) groups is 1. The molecule has 1 aliphatic rings. The Hall–Kier alpha value is -4.41. The fourth-order valence-corrected chi connectivity index (χ4v) is 5.92. The molecule has 1 amide bonds. The third-order valence-corrected chi connectivity index (χ3v) is 8.44. The van der Waals surface area contributed by atoms with Crippen molar-refractivity contribution in [1.29, 1.82) is 0 Å². The van der Waals surface area contributed by atoms with Crippen LogP contribution < -0.4 is 5.32 Å². The monoisotopic (exact) mass is 604 g/mol. The van der Waals surface area contributed by atoms with Crippen molar-refractivity contribution < 1.29 is 19.4 Å². The second kappa shape index (κ2) is 14.4. The summed E-state index contributed by atoms with van der Waals surface area (Å²) in [7, 11) is 0. The third kappa shape index (κ3) is 7.38. The van der Waals surface area contributed by atoms with Crippen LogP contribution in [0.25, 0.3) is 11.1 Å². The van der Waals surface area contributed by atoms with E-state index in [0.717, 1.165) is 33.4 Å². The van der Waals surface area contributed by atoms with Gasteiger partial charge in [-0.3, -0.25) is 9.78 Å². The second-order valence-electron chi connectivity index (χ2n) is 10.4. The Balaban J connectivity index is 1.19. The van der Waals surface area contributed by atoms with Gasteiger partial charge < -0.3 is 19.9 Å². The van der Waals surface area contributed by atoms with Gasteiger partial charge in [-0.1, -0.05) is 84.6 Å². The van der Waals surface area contributed by atoms with Crippen LogP contribution in [0.1, 0.15) is 51.4 Å². The smallest absolute Gasteiger partial charge is 0.253 e. The standard InChI is InChI=1S/C35H32N4O4S/c40-22-24-8-10-26(11-9-24)32-19-30(23-44-35-37-17-4-18-38-35)42-34(43-32)27-14-12-25(13-15-27)31-7-2-1-5-28(31)21-39-33(41)29-6-3-16-36-20-29/h1-18,20,30,32,34,40H,19,21-23H2,(H,39,41)/t30-,32+,34+/m1/s1. The third-order valence-electron chi connectivity index (χ3n) is 7.43. The zero-order chi connectivity index (χ0) is 30.1. The normalized spacial score (nSPS) is 18.1. The minimum absolute atomic E-state index is 0.000232. The van der Waals surface area contributed by atoms with Gasteiger partial charge in [0.15, 0.2) is 11.4 Å². The lowest BCUT2D eigenvalue weighted by Crippen LogP contribution is -2.31. The zero-order valence-electron chi connectivity index (χ0n) is 24.0. The van der Waals surface area contributed by atoms with Crippen molar-refractivity contribution in [2.45, 2.75) is 43.2 Å². The summed E-state index contributed by atoms with van der Waals surface area (Å²) in [5, 5.41) is 13.2. The average molecular weight is 605 g/mol. The van der Waals surface area contributed by atoms with Crippen molar-refractivity contribution in [2.24, 2.45) is 0 Å². The molecule has 8 nitrogen and oxygen atoms in total. The summed E-state index contributed by atoms with van der Waals surface area (Å²) in [4.78, 5) is 25.3. The maximum atomic E-state index is 12.6. The second-order valence-corrected chi connectivity index (χ2v) is 11.4. The van der Waals surface area contributed by atoms with Crippen LogP contribution in [0.4, 0.5) is 0 Å². The molecule has 0 saturated carbocycles. The van der Waals surface area contributed by atoms with Crippen molar-refractivity contribution >= 4 is 17.7 Å². The average Bonchev–Trinajstić information content (AvgIpc) is 3.10. The summed E-state index contributed by atoms with van der Waals surface area (Å²) < 4.78 is 13.0. The Labute approximate surface area is 260 Å². The van der Waals surface area contributed by atoms with Crippen molar-refractivity contribution in [2.75, 3.05) is 5.75 Å². The largest absolute Gasteiger partial charge is 0.392 e. The molecule has 3 aromatic carbocycles. The predicted octanol–water partition coefficient (Wildman–Crippen LogP) is 6.30. The lowest BCUT2D eigenvalue weighted by atomic mass is 9.97. The van der Waals surface area contributed by atoms with Gasteiger partial charge in [-0.25, -0.2) is 9.97 Å². The van der Waals surface area contributed by atoms with Crippen molar-refractivity contribution in [3.8, 4) is 11.1 Å². The molecule has 0 aliphatic carbocycles. The summed E-state index contributed by atoms with van der Waals surface area (Å²) >= 11 is 1.56. The van der Waals surface area contributed by atoms with Crippen LogP contribution in [0, 0.1) is 0 Å². The molecular formula is C35H32N4O4S. The lowest BCUT2D eigenvalue weighted by molar-refractivity contribution is -0.245. The Kier molecular flexibility index (Phi) is 9.69. The number of rotatable bonds is 10. The van der Waals surface area contributed by atoms with Crippen molar-refractivity contribution in [1.82, 2.24) is 20.3 Å². The highest BCUT2D eigenvalue weighted by atomic mass is 32.2.